The number of morpholine rings is 1. The second kappa shape index (κ2) is 9.92. The van der Waals surface area contributed by atoms with Gasteiger partial charge >= 0.3 is 11.9 Å². The number of aliphatic carboxylic acids is 1. The summed E-state index contributed by atoms with van der Waals surface area (Å²) in [5.41, 5.74) is 1.04. The monoisotopic (exact) mass is 492 g/mol. The van der Waals surface area contributed by atoms with Crippen molar-refractivity contribution in [2.24, 2.45) is 4.99 Å². The number of aromatic nitrogens is 1. The third-order valence-electron chi connectivity index (χ3n) is 5.66. The van der Waals surface area contributed by atoms with Gasteiger partial charge in [0.05, 0.1) is 30.9 Å². The van der Waals surface area contributed by atoms with E-state index in [1.807, 2.05) is 0 Å². The number of methoxy groups -OCH3 is 1. The predicted octanol–water partition coefficient (Wildman–Crippen LogP) is 2.08. The first-order chi connectivity index (χ1) is 16.3. The second-order valence-corrected chi connectivity index (χ2v) is 8.07. The van der Waals surface area contributed by atoms with Crippen LogP contribution < -0.4 is 5.32 Å². The number of carbonyl (C=O) groups is 2. The Kier molecular flexibility index (Phi) is 6.96. The number of nitrogens with zero attached hydrogens (tertiary/aromatic N) is 3. The van der Waals surface area contributed by atoms with Crippen LogP contribution in [0.3, 0.4) is 0 Å². The van der Waals surface area contributed by atoms with E-state index in [2.05, 4.69) is 15.3 Å². The van der Waals surface area contributed by atoms with E-state index in [1.54, 1.807) is 17.9 Å². The maximum absolute atomic E-state index is 14.3. The summed E-state index contributed by atoms with van der Waals surface area (Å²) in [6.45, 7) is 2.37. The fourth-order valence-electron chi connectivity index (χ4n) is 3.94. The van der Waals surface area contributed by atoms with Crippen molar-refractivity contribution in [3.05, 3.63) is 63.7 Å². The van der Waals surface area contributed by atoms with Crippen molar-refractivity contribution >= 4 is 29.4 Å². The largest absolute Gasteiger partial charge is 0.480 e. The van der Waals surface area contributed by atoms with Gasteiger partial charge in [0, 0.05) is 24.4 Å². The number of amidine groups is 1. The molecule has 180 valence electrons. The molecule has 2 aromatic rings. The van der Waals surface area contributed by atoms with Gasteiger partial charge in [0.1, 0.15) is 29.4 Å². The van der Waals surface area contributed by atoms with Crippen molar-refractivity contribution in [3.63, 3.8) is 0 Å². The lowest BCUT2D eigenvalue weighted by Crippen LogP contribution is -2.52. The number of esters is 1. The van der Waals surface area contributed by atoms with E-state index < -0.39 is 29.8 Å². The highest BCUT2D eigenvalue weighted by molar-refractivity contribution is 6.31. The Balaban J connectivity index is 1.86. The van der Waals surface area contributed by atoms with Gasteiger partial charge in [0.25, 0.3) is 0 Å². The molecule has 1 saturated heterocycles. The average molecular weight is 493 g/mol. The molecule has 1 aromatic heterocycles. The summed E-state index contributed by atoms with van der Waals surface area (Å²) < 4.78 is 30.0. The highest BCUT2D eigenvalue weighted by atomic mass is 35.5. The first-order valence-corrected chi connectivity index (χ1v) is 10.7. The molecule has 0 amide bonds. The number of ether oxygens (including phenoxy) is 2. The number of rotatable bonds is 6. The van der Waals surface area contributed by atoms with Crippen molar-refractivity contribution in [3.8, 4) is 0 Å². The van der Waals surface area contributed by atoms with E-state index >= 15 is 0 Å². The lowest BCUT2D eigenvalue weighted by atomic mass is 9.94. The molecular weight excluding hydrogens is 471 g/mol. The van der Waals surface area contributed by atoms with Gasteiger partial charge in [-0.25, -0.2) is 14.2 Å². The predicted molar refractivity (Wildman–Crippen MR) is 118 cm³/mol. The number of carboxylic acid groups (broad SMARTS) is 1. The van der Waals surface area contributed by atoms with Gasteiger partial charge in [-0.1, -0.05) is 23.7 Å². The molecule has 1 fully saturated rings. The first-order valence-electron chi connectivity index (χ1n) is 10.4. The standard InChI is InChI=1S/C22H22ClFN4O6/c1-11-18(25-10-34-11)20-26-14(8-28-6-7-33-9-15(28)21(29)30)16(22(31)32-2)19(27-20)12-4-3-5-13(24)17(12)23/h3-5,10,15,19H,6-9H2,1-2H3,(H,26,27)(H,29,30). The van der Waals surface area contributed by atoms with Gasteiger partial charge in [-0.05, 0) is 13.0 Å². The van der Waals surface area contributed by atoms with Crippen LogP contribution in [0.1, 0.15) is 23.1 Å². The summed E-state index contributed by atoms with van der Waals surface area (Å²) in [4.78, 5) is 35.2. The zero-order chi connectivity index (χ0) is 24.4. The van der Waals surface area contributed by atoms with Gasteiger partial charge in [-0.2, -0.15) is 0 Å². The second-order valence-electron chi connectivity index (χ2n) is 7.69. The lowest BCUT2D eigenvalue weighted by Gasteiger charge is -2.35. The van der Waals surface area contributed by atoms with E-state index in [4.69, 9.17) is 25.5 Å². The van der Waals surface area contributed by atoms with Crippen molar-refractivity contribution < 1.29 is 33.0 Å². The molecular formula is C22H22ClFN4O6. The molecule has 2 atom stereocenters. The fraction of sp³-hybridized carbons (Fsp3) is 0.364. The molecule has 2 unspecified atom stereocenters. The number of nitrogens with one attached hydrogen (secondary N) is 1. The van der Waals surface area contributed by atoms with Gasteiger partial charge in [-0.3, -0.25) is 14.7 Å². The molecule has 2 aliphatic heterocycles. The van der Waals surface area contributed by atoms with Crippen LogP contribution in [0.4, 0.5) is 4.39 Å². The molecule has 34 heavy (non-hydrogen) atoms. The molecule has 2 aliphatic rings. The SMILES string of the molecule is COC(=O)C1=C(CN2CCOCC2C(=O)O)NC(c2ncoc2C)=NC1c1cccc(F)c1Cl. The molecule has 4 rings (SSSR count). The Labute approximate surface area is 199 Å². The molecule has 1 aromatic carbocycles. The summed E-state index contributed by atoms with van der Waals surface area (Å²) >= 11 is 6.27. The molecule has 0 saturated carbocycles. The van der Waals surface area contributed by atoms with E-state index in [1.165, 1.54) is 25.6 Å². The van der Waals surface area contributed by atoms with Crippen LogP contribution in [0.15, 0.2) is 45.3 Å². The van der Waals surface area contributed by atoms with Crippen LogP contribution in [-0.4, -0.2) is 72.2 Å². The minimum atomic E-state index is -1.05. The van der Waals surface area contributed by atoms with Crippen LogP contribution in [0, 0.1) is 12.7 Å². The number of carboxylic acids is 1. The summed E-state index contributed by atoms with van der Waals surface area (Å²) in [6, 6.07) is 2.27. The Morgan fingerprint density at radius 1 is 1.41 bits per heavy atom. The van der Waals surface area contributed by atoms with Gasteiger partial charge < -0.3 is 24.3 Å². The molecule has 0 radical (unpaired) electrons. The molecule has 0 spiro atoms. The van der Waals surface area contributed by atoms with Gasteiger partial charge in [0.2, 0.25) is 0 Å². The molecule has 3 heterocycles. The summed E-state index contributed by atoms with van der Waals surface area (Å²) in [5, 5.41) is 12.5. The smallest absolute Gasteiger partial charge is 0.338 e. The maximum Gasteiger partial charge on any atom is 0.338 e. The molecule has 0 aliphatic carbocycles. The van der Waals surface area contributed by atoms with E-state index in [0.717, 1.165) is 0 Å². The third kappa shape index (κ3) is 4.54. The number of hydrogen-bond acceptors (Lipinski definition) is 9. The highest BCUT2D eigenvalue weighted by Crippen LogP contribution is 2.37. The zero-order valence-electron chi connectivity index (χ0n) is 18.4. The summed E-state index contributed by atoms with van der Waals surface area (Å²) in [6.07, 6.45) is 1.25. The summed E-state index contributed by atoms with van der Waals surface area (Å²) in [5.74, 6) is -1.71. The molecule has 2 N–H and O–H groups in total. The fourth-order valence-corrected chi connectivity index (χ4v) is 4.17. The van der Waals surface area contributed by atoms with Crippen molar-refractivity contribution in [2.45, 2.75) is 19.0 Å². The molecule has 0 bridgehead atoms. The number of aliphatic imine (C=N–C) groups is 1. The first kappa shape index (κ1) is 23.9. The highest BCUT2D eigenvalue weighted by Gasteiger charge is 2.37. The number of benzene rings is 1. The number of carbonyl (C=O) groups excluding carboxylic acids is 1. The average Bonchev–Trinajstić information content (AvgIpc) is 3.26. The van der Waals surface area contributed by atoms with Gasteiger partial charge in [-0.15, -0.1) is 0 Å². The van der Waals surface area contributed by atoms with E-state index in [9.17, 15) is 19.1 Å². The molecule has 12 heteroatoms. The van der Waals surface area contributed by atoms with Crippen molar-refractivity contribution in [1.29, 1.82) is 0 Å². The Morgan fingerprint density at radius 2 is 2.21 bits per heavy atom. The minimum absolute atomic E-state index is 0.00132. The van der Waals surface area contributed by atoms with Crippen molar-refractivity contribution in [1.82, 2.24) is 15.2 Å². The van der Waals surface area contributed by atoms with E-state index in [0.29, 0.717) is 30.3 Å². The normalized spacial score (nSPS) is 21.1. The topological polar surface area (TPSA) is 126 Å². The number of hydrogen-bond donors (Lipinski definition) is 2. The van der Waals surface area contributed by atoms with Crippen LogP contribution in [-0.2, 0) is 19.1 Å². The van der Waals surface area contributed by atoms with Crippen LogP contribution in [0.5, 0.6) is 0 Å². The Hall–Kier alpha value is -3.28. The number of halogens is 2. The minimum Gasteiger partial charge on any atom is -0.480 e. The van der Waals surface area contributed by atoms with Gasteiger partial charge in [0.15, 0.2) is 12.2 Å². The Bertz CT molecular complexity index is 1180. The number of oxazole rings is 1. The maximum atomic E-state index is 14.3. The van der Waals surface area contributed by atoms with Crippen molar-refractivity contribution in [2.75, 3.05) is 33.4 Å². The van der Waals surface area contributed by atoms with E-state index in [-0.39, 0.29) is 35.1 Å². The summed E-state index contributed by atoms with van der Waals surface area (Å²) in [7, 11) is 1.22. The van der Waals surface area contributed by atoms with Crippen LogP contribution in [0.2, 0.25) is 5.02 Å². The van der Waals surface area contributed by atoms with Crippen LogP contribution >= 0.6 is 11.6 Å². The third-order valence-corrected chi connectivity index (χ3v) is 6.06. The van der Waals surface area contributed by atoms with Crippen LogP contribution in [0.25, 0.3) is 0 Å². The lowest BCUT2D eigenvalue weighted by molar-refractivity contribution is -0.149. The molecule has 10 nitrogen and oxygen atoms in total. The Morgan fingerprint density at radius 3 is 2.88 bits per heavy atom. The number of aryl methyl sites for hydroxylation is 1. The quantitative estimate of drug-likeness (QED) is 0.582. The zero-order valence-corrected chi connectivity index (χ0v) is 19.1.